The average Bonchev–Trinajstić information content (AvgIpc) is 3.22. The van der Waals surface area contributed by atoms with E-state index in [4.69, 9.17) is 14.2 Å². The minimum absolute atomic E-state index is 0.0228. The second-order valence-corrected chi connectivity index (χ2v) is 7.37. The van der Waals surface area contributed by atoms with Crippen molar-refractivity contribution in [2.45, 2.75) is 19.4 Å². The Kier molecular flexibility index (Phi) is 5.89. The summed E-state index contributed by atoms with van der Waals surface area (Å²) in [6.45, 7) is 2.47. The Morgan fingerprint density at radius 3 is 2.83 bits per heavy atom. The van der Waals surface area contributed by atoms with Gasteiger partial charge in [0.25, 0.3) is 5.91 Å². The van der Waals surface area contributed by atoms with Crippen LogP contribution in [-0.4, -0.2) is 41.2 Å². The van der Waals surface area contributed by atoms with Crippen molar-refractivity contribution in [3.05, 3.63) is 53.7 Å². The first-order valence-corrected chi connectivity index (χ1v) is 10.2. The van der Waals surface area contributed by atoms with E-state index in [0.717, 1.165) is 10.7 Å². The summed E-state index contributed by atoms with van der Waals surface area (Å²) in [4.78, 5) is 33.3. The number of carbonyl (C=O) groups is 2. The molecule has 8 nitrogen and oxygen atoms in total. The van der Waals surface area contributed by atoms with Gasteiger partial charge in [-0.3, -0.25) is 14.6 Å². The van der Waals surface area contributed by atoms with Gasteiger partial charge >= 0.3 is 5.97 Å². The minimum Gasteiger partial charge on any atom is -0.486 e. The second-order valence-electron chi connectivity index (χ2n) is 6.52. The van der Waals surface area contributed by atoms with Crippen LogP contribution in [0.1, 0.15) is 12.6 Å². The highest BCUT2D eigenvalue weighted by Crippen LogP contribution is 2.32. The van der Waals surface area contributed by atoms with Gasteiger partial charge in [0.1, 0.15) is 18.2 Å². The fourth-order valence-electron chi connectivity index (χ4n) is 2.80. The third kappa shape index (κ3) is 4.74. The number of nitrogens with zero attached hydrogens (tertiary/aromatic N) is 2. The molecule has 4 rings (SSSR count). The van der Waals surface area contributed by atoms with E-state index in [1.807, 2.05) is 18.2 Å². The smallest absolute Gasteiger partial charge is 0.312 e. The summed E-state index contributed by atoms with van der Waals surface area (Å²) in [6, 6.07) is 10.7. The maximum atomic E-state index is 12.4. The average molecular weight is 425 g/mol. The fraction of sp³-hybridized carbons (Fsp3) is 0.238. The zero-order valence-electron chi connectivity index (χ0n) is 16.2. The molecule has 154 valence electrons. The van der Waals surface area contributed by atoms with E-state index in [1.165, 1.54) is 18.3 Å². The van der Waals surface area contributed by atoms with Crippen molar-refractivity contribution in [1.29, 1.82) is 0 Å². The number of fused-ring (bicyclic) bond motifs is 1. The molecule has 0 radical (unpaired) electrons. The molecule has 3 heterocycles. The van der Waals surface area contributed by atoms with Gasteiger partial charge in [0, 0.05) is 23.3 Å². The Balaban J connectivity index is 1.31. The zero-order chi connectivity index (χ0) is 20.9. The van der Waals surface area contributed by atoms with Gasteiger partial charge in [-0.1, -0.05) is 6.07 Å². The number of rotatable bonds is 6. The first-order valence-electron chi connectivity index (χ1n) is 9.34. The Bertz CT molecular complexity index is 1050. The molecule has 2 aromatic heterocycles. The molecule has 0 saturated heterocycles. The lowest BCUT2D eigenvalue weighted by Crippen LogP contribution is -2.30. The number of ether oxygens (including phenoxy) is 3. The van der Waals surface area contributed by atoms with Crippen molar-refractivity contribution >= 4 is 28.9 Å². The summed E-state index contributed by atoms with van der Waals surface area (Å²) in [5.74, 6) is 0.230. The lowest BCUT2D eigenvalue weighted by molar-refractivity contribution is -0.152. The monoisotopic (exact) mass is 425 g/mol. The molecular weight excluding hydrogens is 406 g/mol. The Labute approximate surface area is 176 Å². The number of nitrogens with one attached hydrogen (secondary N) is 1. The predicted octanol–water partition coefficient (Wildman–Crippen LogP) is 3.09. The summed E-state index contributed by atoms with van der Waals surface area (Å²) in [7, 11) is 0. The van der Waals surface area contributed by atoms with Crippen LogP contribution in [0.5, 0.6) is 11.5 Å². The van der Waals surface area contributed by atoms with E-state index in [-0.39, 0.29) is 6.42 Å². The molecule has 1 atom stereocenters. The summed E-state index contributed by atoms with van der Waals surface area (Å²) in [5, 5.41) is 5.22. The zero-order valence-corrected chi connectivity index (χ0v) is 17.0. The Morgan fingerprint density at radius 1 is 1.20 bits per heavy atom. The summed E-state index contributed by atoms with van der Waals surface area (Å²) in [6.07, 6.45) is 0.706. The van der Waals surface area contributed by atoms with Gasteiger partial charge in [-0.25, -0.2) is 4.98 Å². The van der Waals surface area contributed by atoms with Crippen LogP contribution < -0.4 is 14.8 Å². The number of aromatic nitrogens is 2. The molecule has 1 aromatic carbocycles. The van der Waals surface area contributed by atoms with Crippen LogP contribution in [0.2, 0.25) is 0 Å². The number of pyridine rings is 1. The van der Waals surface area contributed by atoms with Gasteiger partial charge in [0.05, 0.1) is 17.8 Å². The lowest BCUT2D eigenvalue weighted by Gasteiger charge is -2.19. The molecule has 0 saturated carbocycles. The van der Waals surface area contributed by atoms with Crippen molar-refractivity contribution in [3.8, 4) is 22.2 Å². The van der Waals surface area contributed by atoms with E-state index >= 15 is 0 Å². The number of hydrogen-bond acceptors (Lipinski definition) is 8. The quantitative estimate of drug-likeness (QED) is 0.606. The molecule has 30 heavy (non-hydrogen) atoms. The van der Waals surface area contributed by atoms with Crippen molar-refractivity contribution in [3.63, 3.8) is 0 Å². The summed E-state index contributed by atoms with van der Waals surface area (Å²) < 4.78 is 16.2. The Morgan fingerprint density at radius 2 is 2.03 bits per heavy atom. The number of benzene rings is 1. The van der Waals surface area contributed by atoms with E-state index in [2.05, 4.69) is 15.3 Å². The van der Waals surface area contributed by atoms with Crippen molar-refractivity contribution in [2.24, 2.45) is 0 Å². The van der Waals surface area contributed by atoms with Crippen LogP contribution in [0.25, 0.3) is 10.7 Å². The minimum atomic E-state index is -0.959. The molecular formula is C21H19N3O5S. The van der Waals surface area contributed by atoms with E-state index < -0.39 is 18.0 Å². The third-order valence-electron chi connectivity index (χ3n) is 4.25. The number of carbonyl (C=O) groups excluding carboxylic acids is 2. The Hall–Kier alpha value is -3.46. The molecule has 0 bridgehead atoms. The first-order chi connectivity index (χ1) is 14.6. The maximum Gasteiger partial charge on any atom is 0.312 e. The van der Waals surface area contributed by atoms with Crippen LogP contribution in [0.4, 0.5) is 5.69 Å². The second kappa shape index (κ2) is 8.91. The largest absolute Gasteiger partial charge is 0.486 e. The molecule has 3 aromatic rings. The molecule has 0 spiro atoms. The SMILES string of the molecule is CC(OC(=O)Cc1csc(-c2ccccn2)n1)C(=O)Nc1ccc2c(c1)OCCO2. The molecule has 1 aliphatic rings. The van der Waals surface area contributed by atoms with Crippen LogP contribution in [0.3, 0.4) is 0 Å². The number of thiazole rings is 1. The van der Waals surface area contributed by atoms with Crippen LogP contribution in [0, 0.1) is 0 Å². The van der Waals surface area contributed by atoms with Gasteiger partial charge in [0.15, 0.2) is 17.6 Å². The fourth-order valence-corrected chi connectivity index (χ4v) is 3.60. The van der Waals surface area contributed by atoms with E-state index in [9.17, 15) is 9.59 Å². The molecule has 1 aliphatic heterocycles. The van der Waals surface area contributed by atoms with Gasteiger partial charge in [-0.2, -0.15) is 0 Å². The lowest BCUT2D eigenvalue weighted by atomic mass is 10.2. The molecule has 1 amide bonds. The van der Waals surface area contributed by atoms with Gasteiger partial charge in [-0.05, 0) is 31.2 Å². The van der Waals surface area contributed by atoms with E-state index in [0.29, 0.717) is 36.1 Å². The number of amides is 1. The number of esters is 1. The van der Waals surface area contributed by atoms with Gasteiger partial charge in [-0.15, -0.1) is 11.3 Å². The third-order valence-corrected chi connectivity index (χ3v) is 5.16. The standard InChI is InChI=1S/C21H19N3O5S/c1-13(20(26)23-14-5-6-17-18(10-14)28-9-8-27-17)29-19(25)11-15-12-30-21(24-15)16-4-2-3-7-22-16/h2-7,10,12-13H,8-9,11H2,1H3,(H,23,26). The van der Waals surface area contributed by atoms with Crippen LogP contribution in [-0.2, 0) is 20.7 Å². The highest BCUT2D eigenvalue weighted by Gasteiger charge is 2.20. The molecule has 0 aliphatic carbocycles. The topological polar surface area (TPSA) is 99.6 Å². The molecule has 1 N–H and O–H groups in total. The van der Waals surface area contributed by atoms with E-state index in [1.54, 1.807) is 29.8 Å². The van der Waals surface area contributed by atoms with Crippen molar-refractivity contribution < 1.29 is 23.8 Å². The molecule has 1 unspecified atom stereocenters. The van der Waals surface area contributed by atoms with Crippen LogP contribution in [0.15, 0.2) is 48.0 Å². The summed E-state index contributed by atoms with van der Waals surface area (Å²) >= 11 is 1.40. The normalized spacial score (nSPS) is 13.4. The van der Waals surface area contributed by atoms with Crippen molar-refractivity contribution in [1.82, 2.24) is 9.97 Å². The maximum absolute atomic E-state index is 12.4. The number of hydrogen-bond donors (Lipinski definition) is 1. The molecule has 0 fully saturated rings. The summed E-state index contributed by atoms with van der Waals surface area (Å²) in [5.41, 5.74) is 1.85. The highest BCUT2D eigenvalue weighted by atomic mass is 32.1. The highest BCUT2D eigenvalue weighted by molar-refractivity contribution is 7.13. The van der Waals surface area contributed by atoms with Gasteiger partial charge in [0.2, 0.25) is 0 Å². The number of anilines is 1. The first kappa shape index (κ1) is 19.8. The molecule has 9 heteroatoms. The van der Waals surface area contributed by atoms with Crippen LogP contribution >= 0.6 is 11.3 Å². The van der Waals surface area contributed by atoms with Crippen molar-refractivity contribution in [2.75, 3.05) is 18.5 Å². The predicted molar refractivity (Wildman–Crippen MR) is 111 cm³/mol. The van der Waals surface area contributed by atoms with Gasteiger partial charge < -0.3 is 19.5 Å².